The van der Waals surface area contributed by atoms with Gasteiger partial charge in [0.05, 0.1) is 5.57 Å². The van der Waals surface area contributed by atoms with Gasteiger partial charge < -0.3 is 19.7 Å². The predicted octanol–water partition coefficient (Wildman–Crippen LogP) is 3.26. The summed E-state index contributed by atoms with van der Waals surface area (Å²) in [6.45, 7) is 2.92. The minimum absolute atomic E-state index is 0.0639. The zero-order valence-corrected chi connectivity index (χ0v) is 25.1. The first-order valence-electron chi connectivity index (χ1n) is 14.1. The molecule has 0 saturated carbocycles. The molecule has 3 aliphatic rings. The Morgan fingerprint density at radius 2 is 2.10 bits per heavy atom. The summed E-state index contributed by atoms with van der Waals surface area (Å²) in [7, 11) is 1.45. The van der Waals surface area contributed by atoms with Gasteiger partial charge in [-0.15, -0.1) is 11.8 Å². The Morgan fingerprint density at radius 3 is 2.86 bits per heavy atom. The fourth-order valence-electron chi connectivity index (χ4n) is 5.60. The van der Waals surface area contributed by atoms with Gasteiger partial charge in [-0.25, -0.2) is 9.82 Å². The van der Waals surface area contributed by atoms with Crippen molar-refractivity contribution in [3.05, 3.63) is 64.0 Å². The molecule has 2 N–H and O–H groups in total. The summed E-state index contributed by atoms with van der Waals surface area (Å²) >= 11 is 1.31. The van der Waals surface area contributed by atoms with Crippen molar-refractivity contribution in [1.29, 1.82) is 0 Å². The number of amides is 3. The molecule has 2 heterocycles. The van der Waals surface area contributed by atoms with E-state index < -0.39 is 23.7 Å². The van der Waals surface area contributed by atoms with Crippen molar-refractivity contribution in [2.75, 3.05) is 33.1 Å². The third-order valence-electron chi connectivity index (χ3n) is 7.65. The van der Waals surface area contributed by atoms with E-state index in [1.165, 1.54) is 30.5 Å². The molecular formula is C30H38FN5O5S. The molecule has 0 bridgehead atoms. The van der Waals surface area contributed by atoms with Gasteiger partial charge in [-0.1, -0.05) is 0 Å². The van der Waals surface area contributed by atoms with Gasteiger partial charge in [0.15, 0.2) is 0 Å². The van der Waals surface area contributed by atoms with Crippen LogP contribution < -0.4 is 10.7 Å². The zero-order valence-electron chi connectivity index (χ0n) is 24.3. The molecule has 0 spiro atoms. The lowest BCUT2D eigenvalue weighted by molar-refractivity contribution is -0.136. The SMILES string of the molecule is COCC(=O)N1CCC(NC(=O)C2=C(F)CC=C(OCc3cc(C)nc4c3CCCC4)C=C2)C(/C(=N/NC=O)SC)C1. The summed E-state index contributed by atoms with van der Waals surface area (Å²) in [6, 6.07) is 1.61. The molecule has 2 aliphatic carbocycles. The fraction of sp³-hybridized carbons (Fsp3) is 0.500. The number of methoxy groups -OCH3 is 1. The lowest BCUT2D eigenvalue weighted by Gasteiger charge is -2.39. The highest BCUT2D eigenvalue weighted by molar-refractivity contribution is 8.13. The van der Waals surface area contributed by atoms with E-state index >= 15 is 4.39 Å². The van der Waals surface area contributed by atoms with Crippen LogP contribution in [0.5, 0.6) is 0 Å². The van der Waals surface area contributed by atoms with E-state index in [0.29, 0.717) is 36.8 Å². The van der Waals surface area contributed by atoms with E-state index in [0.717, 1.165) is 42.6 Å². The summed E-state index contributed by atoms with van der Waals surface area (Å²) < 4.78 is 26.2. The van der Waals surface area contributed by atoms with Crippen LogP contribution in [0.1, 0.15) is 48.2 Å². The van der Waals surface area contributed by atoms with E-state index in [1.54, 1.807) is 23.3 Å². The number of allylic oxidation sites excluding steroid dienone is 3. The Kier molecular flexibility index (Phi) is 11.3. The number of fused-ring (bicyclic) bond motifs is 1. The van der Waals surface area contributed by atoms with Gasteiger partial charge in [-0.3, -0.25) is 19.4 Å². The van der Waals surface area contributed by atoms with Gasteiger partial charge in [-0.05, 0) is 80.7 Å². The molecule has 1 fully saturated rings. The van der Waals surface area contributed by atoms with Crippen LogP contribution in [0.3, 0.4) is 0 Å². The number of hydrazone groups is 1. The molecule has 2 unspecified atom stereocenters. The van der Waals surface area contributed by atoms with Crippen molar-refractivity contribution < 1.29 is 28.2 Å². The monoisotopic (exact) mass is 599 g/mol. The number of aromatic nitrogens is 1. The van der Waals surface area contributed by atoms with E-state index in [9.17, 15) is 14.4 Å². The molecule has 12 heteroatoms. The average Bonchev–Trinajstić information content (AvgIpc) is 3.17. The van der Waals surface area contributed by atoms with Crippen LogP contribution in [0.15, 0.2) is 46.6 Å². The van der Waals surface area contributed by atoms with E-state index in [4.69, 9.17) is 14.5 Å². The standard InChI is InChI=1S/C30H38FN5O5S/c1-19-14-20(22-6-4-5-7-26(22)33-19)16-41-21-8-10-23(25(31)11-9-21)29(39)34-27-12-13-36(28(38)17-40-2)15-24(27)30(42-3)35-32-18-37/h8-10,14,18,24,27H,4-7,11-13,15-17H2,1-3H3,(H,32,37)(H,34,39)/b35-30-. The minimum atomic E-state index is -0.565. The Hall–Kier alpha value is -3.51. The van der Waals surface area contributed by atoms with Gasteiger partial charge in [0.1, 0.15) is 29.8 Å². The topological polar surface area (TPSA) is 122 Å². The third-order valence-corrected chi connectivity index (χ3v) is 8.46. The Bertz CT molecular complexity index is 1310. The van der Waals surface area contributed by atoms with E-state index in [1.807, 2.05) is 13.0 Å². The van der Waals surface area contributed by atoms with Gasteiger partial charge in [-0.2, -0.15) is 5.10 Å². The molecular weight excluding hydrogens is 561 g/mol. The highest BCUT2D eigenvalue weighted by Crippen LogP contribution is 2.28. The number of piperidine rings is 1. The Morgan fingerprint density at radius 1 is 1.29 bits per heavy atom. The summed E-state index contributed by atoms with van der Waals surface area (Å²) in [5, 5.41) is 7.62. The number of pyridine rings is 1. The van der Waals surface area contributed by atoms with E-state index in [2.05, 4.69) is 15.8 Å². The molecule has 226 valence electrons. The number of nitrogens with zero attached hydrogens (tertiary/aromatic N) is 3. The number of carbonyl (C=O) groups is 3. The second-order valence-electron chi connectivity index (χ2n) is 10.5. The molecule has 2 atom stereocenters. The molecule has 3 amide bonds. The van der Waals surface area contributed by atoms with Crippen molar-refractivity contribution in [3.8, 4) is 0 Å². The van der Waals surface area contributed by atoms with Crippen LogP contribution in [0.4, 0.5) is 4.39 Å². The third kappa shape index (κ3) is 7.86. The van der Waals surface area contributed by atoms with Crippen molar-refractivity contribution in [1.82, 2.24) is 20.6 Å². The molecule has 1 saturated heterocycles. The number of likely N-dealkylation sites (tertiary alicyclic amines) is 1. The molecule has 4 rings (SSSR count). The Balaban J connectivity index is 1.44. The van der Waals surface area contributed by atoms with Crippen LogP contribution in [0.2, 0.25) is 0 Å². The number of hydrogen-bond acceptors (Lipinski definition) is 8. The first-order chi connectivity index (χ1) is 20.3. The fourth-order valence-corrected chi connectivity index (χ4v) is 6.28. The van der Waals surface area contributed by atoms with Crippen molar-refractivity contribution >= 4 is 35.0 Å². The zero-order chi connectivity index (χ0) is 30.1. The largest absolute Gasteiger partial charge is 0.489 e. The number of thioether (sulfide) groups is 1. The van der Waals surface area contributed by atoms with Gasteiger partial charge in [0.2, 0.25) is 12.3 Å². The lowest BCUT2D eigenvalue weighted by atomic mass is 9.92. The van der Waals surface area contributed by atoms with Crippen LogP contribution in [0.25, 0.3) is 0 Å². The number of aryl methyl sites for hydroxylation is 2. The summed E-state index contributed by atoms with van der Waals surface area (Å²) in [5.41, 5.74) is 6.67. The minimum Gasteiger partial charge on any atom is -0.489 e. The maximum absolute atomic E-state index is 15.2. The van der Waals surface area contributed by atoms with Crippen LogP contribution >= 0.6 is 11.8 Å². The number of carbonyl (C=O) groups excluding carboxylic acids is 3. The number of nitrogens with one attached hydrogen (secondary N) is 2. The summed E-state index contributed by atoms with van der Waals surface area (Å²) in [5.74, 6) is -1.22. The van der Waals surface area contributed by atoms with Crippen molar-refractivity contribution in [2.45, 2.75) is 58.1 Å². The maximum Gasteiger partial charge on any atom is 0.254 e. The molecule has 10 nitrogen and oxygen atoms in total. The number of halogens is 1. The highest BCUT2D eigenvalue weighted by atomic mass is 32.2. The highest BCUT2D eigenvalue weighted by Gasteiger charge is 2.36. The number of ether oxygens (including phenoxy) is 2. The normalized spacial score (nSPS) is 20.8. The molecule has 1 aliphatic heterocycles. The summed E-state index contributed by atoms with van der Waals surface area (Å²) in [6.07, 6.45) is 11.5. The molecule has 0 radical (unpaired) electrons. The average molecular weight is 600 g/mol. The maximum atomic E-state index is 15.2. The molecule has 0 aromatic carbocycles. The molecule has 42 heavy (non-hydrogen) atoms. The van der Waals surface area contributed by atoms with Gasteiger partial charge in [0, 0.05) is 50.0 Å². The lowest BCUT2D eigenvalue weighted by Crippen LogP contribution is -2.55. The van der Waals surface area contributed by atoms with Crippen LogP contribution in [-0.4, -0.2) is 72.3 Å². The Labute approximate surface area is 249 Å². The van der Waals surface area contributed by atoms with Crippen LogP contribution in [-0.2, 0) is 43.3 Å². The van der Waals surface area contributed by atoms with Crippen molar-refractivity contribution in [3.63, 3.8) is 0 Å². The predicted molar refractivity (Wildman–Crippen MR) is 159 cm³/mol. The first-order valence-corrected chi connectivity index (χ1v) is 15.3. The quantitative estimate of drug-likeness (QED) is 0.183. The van der Waals surface area contributed by atoms with Gasteiger partial charge >= 0.3 is 0 Å². The van der Waals surface area contributed by atoms with Gasteiger partial charge in [0.25, 0.3) is 5.91 Å². The smallest absolute Gasteiger partial charge is 0.254 e. The first kappa shape index (κ1) is 31.4. The second-order valence-corrected chi connectivity index (χ2v) is 11.3. The molecule has 1 aromatic rings. The van der Waals surface area contributed by atoms with Crippen LogP contribution in [0, 0.1) is 12.8 Å². The number of rotatable bonds is 10. The van der Waals surface area contributed by atoms with Crippen molar-refractivity contribution in [2.24, 2.45) is 11.0 Å². The van der Waals surface area contributed by atoms with E-state index in [-0.39, 0.29) is 31.1 Å². The molecule has 1 aromatic heterocycles. The summed E-state index contributed by atoms with van der Waals surface area (Å²) in [4.78, 5) is 43.1. The number of hydrogen-bond donors (Lipinski definition) is 2. The second kappa shape index (κ2) is 15.1.